The van der Waals surface area contributed by atoms with Gasteiger partial charge in [-0.25, -0.2) is 15.0 Å². The molecule has 0 amide bonds. The molecule has 0 atom stereocenters. The topological polar surface area (TPSA) is 38.7 Å². The lowest BCUT2D eigenvalue weighted by Crippen LogP contribution is -2.00. The van der Waals surface area contributed by atoms with Crippen LogP contribution in [0.5, 0.6) is 0 Å². The minimum absolute atomic E-state index is 0.629. The van der Waals surface area contributed by atoms with Crippen LogP contribution in [-0.4, -0.2) is 15.0 Å². The molecule has 8 aromatic rings. The summed E-state index contributed by atoms with van der Waals surface area (Å²) in [6.07, 6.45) is 0. The Morgan fingerprint density at radius 1 is 0.208 bits per heavy atom. The Labute approximate surface area is 280 Å². The minimum atomic E-state index is 0.629. The van der Waals surface area contributed by atoms with Gasteiger partial charge in [-0.1, -0.05) is 164 Å². The quantitative estimate of drug-likeness (QED) is 0.179. The lowest BCUT2D eigenvalue weighted by molar-refractivity contribution is 1.07. The fourth-order valence-corrected chi connectivity index (χ4v) is 6.11. The van der Waals surface area contributed by atoms with Crippen molar-refractivity contribution in [1.29, 1.82) is 0 Å². The molecule has 0 aliphatic heterocycles. The third-order valence-corrected chi connectivity index (χ3v) is 8.52. The number of rotatable bonds is 7. The molecule has 0 unspecified atom stereocenters. The first-order valence-corrected chi connectivity index (χ1v) is 16.1. The summed E-state index contributed by atoms with van der Waals surface area (Å²) in [7, 11) is 0. The van der Waals surface area contributed by atoms with E-state index in [-0.39, 0.29) is 0 Å². The van der Waals surface area contributed by atoms with Crippen molar-refractivity contribution in [3.63, 3.8) is 0 Å². The van der Waals surface area contributed by atoms with Crippen LogP contribution in [0.4, 0.5) is 0 Å². The Bertz CT molecular complexity index is 2250. The van der Waals surface area contributed by atoms with Gasteiger partial charge in [-0.2, -0.15) is 0 Å². The second-order valence-corrected chi connectivity index (χ2v) is 11.7. The van der Waals surface area contributed by atoms with Crippen molar-refractivity contribution in [3.8, 4) is 78.7 Å². The molecule has 1 heterocycles. The number of nitrogens with zero attached hydrogens (tertiary/aromatic N) is 3. The van der Waals surface area contributed by atoms with Crippen LogP contribution in [-0.2, 0) is 0 Å². The van der Waals surface area contributed by atoms with Crippen molar-refractivity contribution in [2.24, 2.45) is 0 Å². The average Bonchev–Trinajstić information content (AvgIpc) is 3.19. The Morgan fingerprint density at radius 2 is 0.583 bits per heavy atom. The first-order valence-electron chi connectivity index (χ1n) is 16.1. The van der Waals surface area contributed by atoms with Gasteiger partial charge < -0.3 is 0 Å². The molecule has 48 heavy (non-hydrogen) atoms. The summed E-state index contributed by atoms with van der Waals surface area (Å²) in [5.74, 6) is 1.91. The molecule has 3 heteroatoms. The summed E-state index contributed by atoms with van der Waals surface area (Å²) in [5.41, 5.74) is 12.0. The normalized spacial score (nSPS) is 10.9. The predicted molar refractivity (Wildman–Crippen MR) is 198 cm³/mol. The third kappa shape index (κ3) is 6.05. The van der Waals surface area contributed by atoms with Gasteiger partial charge in [-0.15, -0.1) is 0 Å². The minimum Gasteiger partial charge on any atom is -0.208 e. The number of hydrogen-bond donors (Lipinski definition) is 0. The van der Waals surface area contributed by atoms with Gasteiger partial charge in [0.15, 0.2) is 17.5 Å². The van der Waals surface area contributed by atoms with Crippen LogP contribution in [0.25, 0.3) is 78.7 Å². The van der Waals surface area contributed by atoms with Crippen molar-refractivity contribution in [2.45, 2.75) is 0 Å². The van der Waals surface area contributed by atoms with Gasteiger partial charge in [0, 0.05) is 16.7 Å². The van der Waals surface area contributed by atoms with Crippen molar-refractivity contribution >= 4 is 0 Å². The molecule has 0 bridgehead atoms. The molecular weight excluding hydrogens is 583 g/mol. The molecule has 0 radical (unpaired) electrons. The zero-order valence-electron chi connectivity index (χ0n) is 26.2. The Morgan fingerprint density at radius 3 is 1.08 bits per heavy atom. The van der Waals surface area contributed by atoms with E-state index in [1.807, 2.05) is 66.7 Å². The highest BCUT2D eigenvalue weighted by Gasteiger charge is 2.17. The van der Waals surface area contributed by atoms with E-state index >= 15 is 0 Å². The molecule has 7 aromatic carbocycles. The van der Waals surface area contributed by atoms with Gasteiger partial charge in [0.2, 0.25) is 0 Å². The molecule has 8 rings (SSSR count). The van der Waals surface area contributed by atoms with Gasteiger partial charge >= 0.3 is 0 Å². The van der Waals surface area contributed by atoms with Crippen molar-refractivity contribution in [2.75, 3.05) is 0 Å². The van der Waals surface area contributed by atoms with Crippen molar-refractivity contribution in [1.82, 2.24) is 15.0 Å². The predicted octanol–water partition coefficient (Wildman–Crippen LogP) is 11.5. The second-order valence-electron chi connectivity index (χ2n) is 11.7. The number of aromatic nitrogens is 3. The molecule has 0 saturated heterocycles. The van der Waals surface area contributed by atoms with Crippen LogP contribution in [0.3, 0.4) is 0 Å². The maximum absolute atomic E-state index is 5.08. The van der Waals surface area contributed by atoms with Crippen LogP contribution in [0.1, 0.15) is 0 Å². The highest BCUT2D eigenvalue weighted by atomic mass is 15.0. The summed E-state index contributed by atoms with van der Waals surface area (Å²) in [6, 6.07) is 65.4. The Kier molecular flexibility index (Phi) is 7.92. The SMILES string of the molecule is c1ccc(-c2cc(-c3nc(-c4ccccc4)nc(-c4ccccc4)n3)cc(-c3ccc(-c4ccccc4)cc3-c3ccccc3)c2)cc1. The van der Waals surface area contributed by atoms with E-state index in [2.05, 4.69) is 121 Å². The first-order chi connectivity index (χ1) is 23.8. The number of hydrogen-bond acceptors (Lipinski definition) is 3. The molecule has 0 spiro atoms. The molecule has 0 fully saturated rings. The fraction of sp³-hybridized carbons (Fsp3) is 0. The van der Waals surface area contributed by atoms with E-state index in [0.29, 0.717) is 17.5 Å². The summed E-state index contributed by atoms with van der Waals surface area (Å²) in [4.78, 5) is 15.1. The summed E-state index contributed by atoms with van der Waals surface area (Å²) in [5, 5.41) is 0. The monoisotopic (exact) mass is 613 g/mol. The smallest absolute Gasteiger partial charge is 0.164 e. The lowest BCUT2D eigenvalue weighted by atomic mass is 9.89. The standard InChI is InChI=1S/C45H31N3/c1-6-16-32(17-7-1)37-26-27-41(42(31-37)34-20-10-3-11-21-34)39-28-38(33-18-8-2-9-19-33)29-40(30-39)45-47-43(35-22-12-4-13-23-35)46-44(48-45)36-24-14-5-15-25-36/h1-31H. The van der Waals surface area contributed by atoms with Crippen LogP contribution in [0, 0.1) is 0 Å². The zero-order chi connectivity index (χ0) is 32.1. The van der Waals surface area contributed by atoms with Gasteiger partial charge in [0.25, 0.3) is 0 Å². The molecule has 226 valence electrons. The van der Waals surface area contributed by atoms with Crippen molar-refractivity contribution in [3.05, 3.63) is 188 Å². The number of benzene rings is 7. The fourth-order valence-electron chi connectivity index (χ4n) is 6.11. The van der Waals surface area contributed by atoms with E-state index in [4.69, 9.17) is 15.0 Å². The summed E-state index contributed by atoms with van der Waals surface area (Å²) < 4.78 is 0. The van der Waals surface area contributed by atoms with Gasteiger partial charge in [0.1, 0.15) is 0 Å². The van der Waals surface area contributed by atoms with Crippen LogP contribution < -0.4 is 0 Å². The summed E-state index contributed by atoms with van der Waals surface area (Å²) in [6.45, 7) is 0. The summed E-state index contributed by atoms with van der Waals surface area (Å²) >= 11 is 0. The Balaban J connectivity index is 1.36. The molecule has 0 aliphatic carbocycles. The molecular formula is C45H31N3. The van der Waals surface area contributed by atoms with Crippen LogP contribution in [0.2, 0.25) is 0 Å². The molecule has 0 N–H and O–H groups in total. The maximum Gasteiger partial charge on any atom is 0.164 e. The average molecular weight is 614 g/mol. The highest BCUT2D eigenvalue weighted by Crippen LogP contribution is 2.39. The van der Waals surface area contributed by atoms with Crippen LogP contribution >= 0.6 is 0 Å². The van der Waals surface area contributed by atoms with E-state index < -0.39 is 0 Å². The molecule has 1 aromatic heterocycles. The van der Waals surface area contributed by atoms with Crippen LogP contribution in [0.15, 0.2) is 188 Å². The highest BCUT2D eigenvalue weighted by molar-refractivity contribution is 5.90. The van der Waals surface area contributed by atoms with Gasteiger partial charge in [-0.3, -0.25) is 0 Å². The van der Waals surface area contributed by atoms with Gasteiger partial charge in [-0.05, 0) is 68.8 Å². The van der Waals surface area contributed by atoms with E-state index in [9.17, 15) is 0 Å². The zero-order valence-corrected chi connectivity index (χ0v) is 26.2. The second kappa shape index (κ2) is 13.1. The maximum atomic E-state index is 5.08. The van der Waals surface area contributed by atoms with Gasteiger partial charge in [0.05, 0.1) is 0 Å². The first kappa shape index (κ1) is 29.0. The van der Waals surface area contributed by atoms with E-state index in [1.54, 1.807) is 0 Å². The molecule has 0 aliphatic rings. The third-order valence-electron chi connectivity index (χ3n) is 8.52. The Hall–Kier alpha value is -6.45. The largest absolute Gasteiger partial charge is 0.208 e. The van der Waals surface area contributed by atoms with E-state index in [1.165, 1.54) is 16.7 Å². The lowest BCUT2D eigenvalue weighted by Gasteiger charge is -2.16. The molecule has 3 nitrogen and oxygen atoms in total. The van der Waals surface area contributed by atoms with E-state index in [0.717, 1.165) is 44.5 Å². The molecule has 0 saturated carbocycles. The van der Waals surface area contributed by atoms with Crippen molar-refractivity contribution < 1.29 is 0 Å².